The van der Waals surface area contributed by atoms with Crippen LogP contribution in [0.3, 0.4) is 0 Å². The molecule has 0 nitrogen and oxygen atoms in total. The molecular weight excluding hydrogens is 115 g/mol. The first-order chi connectivity index (χ1) is 2.41. The Morgan fingerprint density at radius 1 is 1.50 bits per heavy atom. The molecule has 0 spiro atoms. The van der Waals surface area contributed by atoms with Crippen LogP contribution < -0.4 is 0 Å². The van der Waals surface area contributed by atoms with Crippen molar-refractivity contribution >= 4 is 0 Å². The molecule has 1 heteroatoms. The first-order valence-corrected chi connectivity index (χ1v) is 1.65. The molecule has 0 N–H and O–H groups in total. The molecule has 0 unspecified atom stereocenters. The van der Waals surface area contributed by atoms with Gasteiger partial charge in [-0.2, -0.15) is 0 Å². The number of rotatable bonds is 1. The van der Waals surface area contributed by atoms with E-state index in [0.29, 0.717) is 0 Å². The molecule has 0 aromatic heterocycles. The average molecular weight is 123 g/mol. The number of hydrogen-bond donors (Lipinski definition) is 0. The van der Waals surface area contributed by atoms with Crippen LogP contribution in [0, 0.1) is 0 Å². The standard InChI is InChI=1S/C5H8.Mn/c1-3-5-4-2;/h3-5H,1H2,2H3;. The minimum Gasteiger partial charge on any atom is -0.0991 e. The molecule has 0 atom stereocenters. The second-order valence-corrected chi connectivity index (χ2v) is 0.761. The topological polar surface area (TPSA) is 0 Å². The Morgan fingerprint density at radius 3 is 2.00 bits per heavy atom. The van der Waals surface area contributed by atoms with Gasteiger partial charge in [-0.15, -0.1) is 0 Å². The number of hydrogen-bond acceptors (Lipinski definition) is 0. The molecule has 0 aromatic carbocycles. The van der Waals surface area contributed by atoms with Gasteiger partial charge < -0.3 is 0 Å². The third-order valence-corrected chi connectivity index (χ3v) is 0.329. The van der Waals surface area contributed by atoms with Crippen molar-refractivity contribution in [2.24, 2.45) is 0 Å². The molecule has 0 saturated carbocycles. The maximum atomic E-state index is 3.46. The maximum Gasteiger partial charge on any atom is 0 e. The summed E-state index contributed by atoms with van der Waals surface area (Å²) in [6.07, 6.45) is 5.58. The van der Waals surface area contributed by atoms with Gasteiger partial charge in [0.25, 0.3) is 0 Å². The molecule has 0 saturated heterocycles. The van der Waals surface area contributed by atoms with Crippen LogP contribution in [0.15, 0.2) is 24.8 Å². The zero-order valence-corrected chi connectivity index (χ0v) is 5.00. The summed E-state index contributed by atoms with van der Waals surface area (Å²) in [6, 6.07) is 0. The third-order valence-electron chi connectivity index (χ3n) is 0.329. The molecule has 0 aliphatic carbocycles. The largest absolute Gasteiger partial charge is 0.0991 e. The van der Waals surface area contributed by atoms with Crippen LogP contribution >= 0.6 is 0 Å². The van der Waals surface area contributed by atoms with Gasteiger partial charge in [-0.25, -0.2) is 0 Å². The molecule has 0 rings (SSSR count). The van der Waals surface area contributed by atoms with Crippen molar-refractivity contribution < 1.29 is 17.1 Å². The first kappa shape index (κ1) is 9.37. The summed E-state index contributed by atoms with van der Waals surface area (Å²) >= 11 is 0. The molecule has 0 aromatic rings. The fourth-order valence-electron chi connectivity index (χ4n) is 0.136. The summed E-state index contributed by atoms with van der Waals surface area (Å²) in [4.78, 5) is 0. The minimum atomic E-state index is 0. The van der Waals surface area contributed by atoms with Gasteiger partial charge in [0.1, 0.15) is 0 Å². The fraction of sp³-hybridized carbons (Fsp3) is 0.200. The first-order valence-electron chi connectivity index (χ1n) is 1.65. The van der Waals surface area contributed by atoms with Gasteiger partial charge in [0.2, 0.25) is 0 Å². The molecule has 35 valence electrons. The van der Waals surface area contributed by atoms with Crippen molar-refractivity contribution in [2.75, 3.05) is 0 Å². The van der Waals surface area contributed by atoms with Crippen molar-refractivity contribution in [2.45, 2.75) is 6.92 Å². The third kappa shape index (κ3) is 9.00. The minimum absolute atomic E-state index is 0. The van der Waals surface area contributed by atoms with Gasteiger partial charge in [-0.1, -0.05) is 24.8 Å². The molecule has 6 heavy (non-hydrogen) atoms. The second-order valence-electron chi connectivity index (χ2n) is 0.761. The van der Waals surface area contributed by atoms with Crippen molar-refractivity contribution in [3.05, 3.63) is 24.8 Å². The van der Waals surface area contributed by atoms with Gasteiger partial charge in [-0.3, -0.25) is 0 Å². The predicted molar refractivity (Wildman–Crippen MR) is 25.0 cm³/mol. The van der Waals surface area contributed by atoms with Crippen molar-refractivity contribution in [3.8, 4) is 0 Å². The summed E-state index contributed by atoms with van der Waals surface area (Å²) < 4.78 is 0. The van der Waals surface area contributed by atoms with Crippen LogP contribution in [0.25, 0.3) is 0 Å². The Bertz CT molecular complexity index is 45.9. The van der Waals surface area contributed by atoms with E-state index in [2.05, 4.69) is 6.58 Å². The van der Waals surface area contributed by atoms with Gasteiger partial charge in [-0.05, 0) is 6.92 Å². The SMILES string of the molecule is C=CC=CC.[Mn]. The average Bonchev–Trinajstić information content (AvgIpc) is 1.41. The summed E-state index contributed by atoms with van der Waals surface area (Å²) in [5.74, 6) is 0. The predicted octanol–water partition coefficient (Wildman–Crippen LogP) is 1.75. The fourth-order valence-corrected chi connectivity index (χ4v) is 0.136. The quantitative estimate of drug-likeness (QED) is 0.368. The summed E-state index contributed by atoms with van der Waals surface area (Å²) in [6.45, 7) is 5.42. The molecule has 0 aliphatic heterocycles. The Morgan fingerprint density at radius 2 is 2.00 bits per heavy atom. The van der Waals surface area contributed by atoms with Crippen LogP contribution in [0.2, 0.25) is 0 Å². The zero-order chi connectivity index (χ0) is 4.12. The smallest absolute Gasteiger partial charge is 0 e. The van der Waals surface area contributed by atoms with E-state index >= 15 is 0 Å². The normalized spacial score (nSPS) is 7.50. The van der Waals surface area contributed by atoms with Crippen molar-refractivity contribution in [3.63, 3.8) is 0 Å². The van der Waals surface area contributed by atoms with Crippen molar-refractivity contribution in [1.29, 1.82) is 0 Å². The van der Waals surface area contributed by atoms with Gasteiger partial charge in [0.15, 0.2) is 0 Å². The van der Waals surface area contributed by atoms with Gasteiger partial charge in [0.05, 0.1) is 0 Å². The van der Waals surface area contributed by atoms with E-state index in [-0.39, 0.29) is 17.1 Å². The Hall–Kier alpha value is -0.000519. The van der Waals surface area contributed by atoms with Crippen molar-refractivity contribution in [1.82, 2.24) is 0 Å². The molecule has 0 heterocycles. The van der Waals surface area contributed by atoms with Crippen LogP contribution in [0.1, 0.15) is 6.92 Å². The van der Waals surface area contributed by atoms with Crippen LogP contribution in [0.4, 0.5) is 0 Å². The Labute approximate surface area is 49.4 Å². The van der Waals surface area contributed by atoms with Crippen LogP contribution in [-0.4, -0.2) is 0 Å². The molecule has 0 fully saturated rings. The van der Waals surface area contributed by atoms with E-state index in [4.69, 9.17) is 0 Å². The Balaban J connectivity index is 0. The van der Waals surface area contributed by atoms with E-state index in [0.717, 1.165) is 0 Å². The Kier molecular flexibility index (Phi) is 13.9. The molecule has 1 radical (unpaired) electrons. The van der Waals surface area contributed by atoms with Crippen LogP contribution in [-0.2, 0) is 17.1 Å². The summed E-state index contributed by atoms with van der Waals surface area (Å²) in [5, 5.41) is 0. The number of allylic oxidation sites excluding steroid dienone is 3. The van der Waals surface area contributed by atoms with E-state index in [1.807, 2.05) is 19.1 Å². The van der Waals surface area contributed by atoms with E-state index < -0.39 is 0 Å². The zero-order valence-electron chi connectivity index (χ0n) is 3.82. The van der Waals surface area contributed by atoms with E-state index in [1.54, 1.807) is 6.08 Å². The van der Waals surface area contributed by atoms with Gasteiger partial charge >= 0.3 is 0 Å². The van der Waals surface area contributed by atoms with Crippen LogP contribution in [0.5, 0.6) is 0 Å². The monoisotopic (exact) mass is 123 g/mol. The van der Waals surface area contributed by atoms with E-state index in [1.165, 1.54) is 0 Å². The summed E-state index contributed by atoms with van der Waals surface area (Å²) in [7, 11) is 0. The maximum absolute atomic E-state index is 3.46. The summed E-state index contributed by atoms with van der Waals surface area (Å²) in [5.41, 5.74) is 0. The molecule has 0 bridgehead atoms. The second kappa shape index (κ2) is 8.89. The van der Waals surface area contributed by atoms with E-state index in [9.17, 15) is 0 Å². The molecule has 0 amide bonds. The molecule has 0 aliphatic rings. The van der Waals surface area contributed by atoms with Gasteiger partial charge in [0, 0.05) is 17.1 Å². The molecular formula is C5H8Mn.